The Bertz CT molecular complexity index is 787. The van der Waals surface area contributed by atoms with Crippen molar-refractivity contribution in [3.8, 4) is 11.1 Å². The minimum Gasteiger partial charge on any atom is -0.481 e. The number of ether oxygens (including phenoxy) is 1. The van der Waals surface area contributed by atoms with Crippen molar-refractivity contribution in [2.24, 2.45) is 5.92 Å². The summed E-state index contributed by atoms with van der Waals surface area (Å²) in [5, 5.41) is 10.9. The summed E-state index contributed by atoms with van der Waals surface area (Å²) in [6.07, 6.45) is 0.264. The molecule has 0 radical (unpaired) electrons. The normalized spacial score (nSPS) is 10.9. The van der Waals surface area contributed by atoms with Crippen LogP contribution in [0.1, 0.15) is 38.7 Å². The number of rotatable bonds is 9. The van der Waals surface area contributed by atoms with Gasteiger partial charge >= 0.3 is 11.9 Å². The van der Waals surface area contributed by atoms with Crippen molar-refractivity contribution in [3.63, 3.8) is 0 Å². The quantitative estimate of drug-likeness (QED) is 0.601. The summed E-state index contributed by atoms with van der Waals surface area (Å²) < 4.78 is 4.81. The van der Waals surface area contributed by atoms with E-state index in [4.69, 9.17) is 9.84 Å². The first-order chi connectivity index (χ1) is 14.3. The van der Waals surface area contributed by atoms with E-state index in [9.17, 15) is 14.4 Å². The molecule has 0 aliphatic heterocycles. The lowest BCUT2D eigenvalue weighted by atomic mass is 10.0. The van der Waals surface area contributed by atoms with Gasteiger partial charge in [0.05, 0.1) is 18.9 Å². The van der Waals surface area contributed by atoms with Gasteiger partial charge in [-0.2, -0.15) is 0 Å². The zero-order chi connectivity index (χ0) is 22.4. The molecule has 0 saturated carbocycles. The van der Waals surface area contributed by atoms with Gasteiger partial charge in [0.15, 0.2) is 0 Å². The molecule has 0 spiro atoms. The van der Waals surface area contributed by atoms with E-state index in [-0.39, 0.29) is 30.6 Å². The van der Waals surface area contributed by atoms with Crippen molar-refractivity contribution in [2.75, 3.05) is 13.2 Å². The zero-order valence-electron chi connectivity index (χ0n) is 17.9. The van der Waals surface area contributed by atoms with Crippen molar-refractivity contribution < 1.29 is 24.2 Å². The van der Waals surface area contributed by atoms with Gasteiger partial charge in [0, 0.05) is 13.0 Å². The number of benzene rings is 2. The lowest BCUT2D eigenvalue weighted by molar-refractivity contribution is -0.147. The molecule has 2 N–H and O–H groups in total. The Balaban J connectivity index is 0.000000308. The molecular formula is C24H31NO5. The second-order valence-corrected chi connectivity index (χ2v) is 6.92. The number of carboxylic acids is 1. The van der Waals surface area contributed by atoms with E-state index in [1.54, 1.807) is 13.8 Å². The van der Waals surface area contributed by atoms with Crippen molar-refractivity contribution >= 4 is 17.8 Å². The number of hydrogen-bond donors (Lipinski definition) is 2. The van der Waals surface area contributed by atoms with Crippen LogP contribution in [0.4, 0.5) is 0 Å². The summed E-state index contributed by atoms with van der Waals surface area (Å²) in [5.74, 6) is -1.87. The summed E-state index contributed by atoms with van der Waals surface area (Å²) in [5.41, 5.74) is 3.87. The van der Waals surface area contributed by atoms with Crippen LogP contribution in [0.15, 0.2) is 54.6 Å². The van der Waals surface area contributed by atoms with Crippen LogP contribution in [0.25, 0.3) is 11.1 Å². The molecule has 1 amide bonds. The summed E-state index contributed by atoms with van der Waals surface area (Å²) in [4.78, 5) is 32.6. The van der Waals surface area contributed by atoms with Gasteiger partial charge in [0.2, 0.25) is 5.91 Å². The van der Waals surface area contributed by atoms with Gasteiger partial charge in [-0.3, -0.25) is 14.4 Å². The number of nitrogens with one attached hydrogen (secondary N) is 1. The van der Waals surface area contributed by atoms with E-state index in [2.05, 4.69) is 60.8 Å². The zero-order valence-corrected chi connectivity index (χ0v) is 17.9. The predicted octanol–water partition coefficient (Wildman–Crippen LogP) is 4.22. The number of aryl methyl sites for hydroxylation is 1. The Morgan fingerprint density at radius 3 is 2.13 bits per heavy atom. The molecule has 0 bridgehead atoms. The Morgan fingerprint density at radius 1 is 0.967 bits per heavy atom. The Hall–Kier alpha value is -3.15. The summed E-state index contributed by atoms with van der Waals surface area (Å²) in [7, 11) is 0. The third kappa shape index (κ3) is 10.4. The number of carbonyl (C=O) groups is 3. The van der Waals surface area contributed by atoms with E-state index in [0.29, 0.717) is 19.6 Å². The number of aliphatic carboxylic acids is 1. The SMILES string of the molecule is CCOC(=O)C(C)CCNC(=O)CCC(=O)O.Cc1ccc(-c2ccccc2)cc1. The van der Waals surface area contributed by atoms with E-state index in [1.165, 1.54) is 16.7 Å². The monoisotopic (exact) mass is 413 g/mol. The fourth-order valence-corrected chi connectivity index (χ4v) is 2.52. The summed E-state index contributed by atoms with van der Waals surface area (Å²) in [6.45, 7) is 6.25. The van der Waals surface area contributed by atoms with Gasteiger partial charge in [-0.25, -0.2) is 0 Å². The molecule has 30 heavy (non-hydrogen) atoms. The Kier molecular flexibility index (Phi) is 11.6. The van der Waals surface area contributed by atoms with E-state index in [1.807, 2.05) is 6.07 Å². The van der Waals surface area contributed by atoms with Crippen LogP contribution >= 0.6 is 0 Å². The largest absolute Gasteiger partial charge is 0.481 e. The first-order valence-electron chi connectivity index (χ1n) is 10.1. The van der Waals surface area contributed by atoms with Crippen molar-refractivity contribution in [3.05, 3.63) is 60.2 Å². The van der Waals surface area contributed by atoms with Gasteiger partial charge in [0.25, 0.3) is 0 Å². The molecule has 0 aliphatic rings. The van der Waals surface area contributed by atoms with E-state index < -0.39 is 5.97 Å². The van der Waals surface area contributed by atoms with E-state index >= 15 is 0 Å². The van der Waals surface area contributed by atoms with Crippen molar-refractivity contribution in [1.82, 2.24) is 5.32 Å². The first kappa shape index (κ1) is 24.9. The van der Waals surface area contributed by atoms with Crippen LogP contribution in [0, 0.1) is 12.8 Å². The second-order valence-electron chi connectivity index (χ2n) is 6.92. The molecule has 0 heterocycles. The third-order valence-electron chi connectivity index (χ3n) is 4.31. The van der Waals surface area contributed by atoms with Gasteiger partial charge < -0.3 is 15.2 Å². The minimum absolute atomic E-state index is 0.0386. The van der Waals surface area contributed by atoms with Crippen LogP contribution in [0.3, 0.4) is 0 Å². The van der Waals surface area contributed by atoms with Crippen LogP contribution in [-0.4, -0.2) is 36.1 Å². The van der Waals surface area contributed by atoms with Crippen LogP contribution in [0.5, 0.6) is 0 Å². The smallest absolute Gasteiger partial charge is 0.308 e. The Labute approximate surface area is 178 Å². The highest BCUT2D eigenvalue weighted by molar-refractivity contribution is 5.80. The lowest BCUT2D eigenvalue weighted by Crippen LogP contribution is -2.27. The molecule has 2 rings (SSSR count). The molecule has 0 aliphatic carbocycles. The molecule has 0 fully saturated rings. The third-order valence-corrected chi connectivity index (χ3v) is 4.31. The molecule has 6 nitrogen and oxygen atoms in total. The minimum atomic E-state index is -1.000. The topological polar surface area (TPSA) is 92.7 Å². The standard InChI is InChI=1S/C13H12.C11H19NO5/c1-11-7-9-13(10-8-11)12-5-3-2-4-6-12;1-3-17-11(16)8(2)6-7-12-9(13)4-5-10(14)15/h2-10H,1H3;8H,3-7H2,1-2H3,(H,12,13)(H,14,15). The Morgan fingerprint density at radius 2 is 1.57 bits per heavy atom. The van der Waals surface area contributed by atoms with Crippen molar-refractivity contribution in [1.29, 1.82) is 0 Å². The molecule has 162 valence electrons. The lowest BCUT2D eigenvalue weighted by Gasteiger charge is -2.10. The molecule has 2 aromatic rings. The molecule has 1 atom stereocenters. The highest BCUT2D eigenvalue weighted by Crippen LogP contribution is 2.18. The summed E-state index contributed by atoms with van der Waals surface area (Å²) >= 11 is 0. The fraction of sp³-hybridized carbons (Fsp3) is 0.375. The highest BCUT2D eigenvalue weighted by atomic mass is 16.5. The summed E-state index contributed by atoms with van der Waals surface area (Å²) in [6, 6.07) is 19.0. The van der Waals surface area contributed by atoms with Gasteiger partial charge in [-0.15, -0.1) is 0 Å². The number of esters is 1. The second kappa shape index (κ2) is 13.9. The number of carbonyl (C=O) groups excluding carboxylic acids is 2. The van der Waals surface area contributed by atoms with Crippen LogP contribution < -0.4 is 5.32 Å². The highest BCUT2D eigenvalue weighted by Gasteiger charge is 2.14. The molecule has 1 unspecified atom stereocenters. The maximum atomic E-state index is 11.2. The molecule has 2 aromatic carbocycles. The average Bonchev–Trinajstić information content (AvgIpc) is 2.74. The van der Waals surface area contributed by atoms with Crippen LogP contribution in [-0.2, 0) is 19.1 Å². The van der Waals surface area contributed by atoms with E-state index in [0.717, 1.165) is 0 Å². The fourth-order valence-electron chi connectivity index (χ4n) is 2.52. The molecular weight excluding hydrogens is 382 g/mol. The van der Waals surface area contributed by atoms with Gasteiger partial charge in [-0.05, 0) is 31.4 Å². The van der Waals surface area contributed by atoms with Crippen molar-refractivity contribution in [2.45, 2.75) is 40.0 Å². The molecule has 0 saturated heterocycles. The number of hydrogen-bond acceptors (Lipinski definition) is 4. The number of carboxylic acid groups (broad SMARTS) is 1. The maximum Gasteiger partial charge on any atom is 0.308 e. The number of amides is 1. The molecule has 6 heteroatoms. The molecule has 0 aromatic heterocycles. The van der Waals surface area contributed by atoms with Gasteiger partial charge in [0.1, 0.15) is 0 Å². The maximum absolute atomic E-state index is 11.2. The van der Waals surface area contributed by atoms with Crippen LogP contribution in [0.2, 0.25) is 0 Å². The average molecular weight is 414 g/mol. The van der Waals surface area contributed by atoms with Gasteiger partial charge in [-0.1, -0.05) is 67.1 Å². The predicted molar refractivity (Wildman–Crippen MR) is 117 cm³/mol. The first-order valence-corrected chi connectivity index (χ1v) is 10.1.